The predicted molar refractivity (Wildman–Crippen MR) is 211 cm³/mol. The molecule has 0 radical (unpaired) electrons. The number of allylic oxidation sites excluding steroid dienone is 2. The van der Waals surface area contributed by atoms with Gasteiger partial charge in [-0.05, 0) is 0 Å². The normalized spacial score (nSPS) is 18.2. The van der Waals surface area contributed by atoms with E-state index in [1.165, 1.54) is 49.7 Å². The molecule has 3 aromatic carbocycles. The summed E-state index contributed by atoms with van der Waals surface area (Å²) in [5.41, 5.74) is 12.3. The van der Waals surface area contributed by atoms with Crippen LogP contribution >= 0.6 is 17.0 Å². The number of rotatable bonds is 12. The Labute approximate surface area is 301 Å². The Morgan fingerprint density at radius 2 is 1.06 bits per heavy atom. The molecule has 0 bridgehead atoms. The standard InChI is InChI=1S/2C18H18N.C7H9Si.2ClH.Zr/c2*1-2-3-7-14-12-15-8-6-9-16(17(15)13-14)18-10-4-5-11-19-18;1-8-7-5-3-2-4-6-7;;;/h2*4-6,8-13H,2-3,7H2,1H3;2-6,8H,1H3;2*1H;/q;;;;;+2/p-2. The summed E-state index contributed by atoms with van der Waals surface area (Å²) in [6, 6.07) is 37.0. The molecule has 49 heavy (non-hydrogen) atoms. The minimum atomic E-state index is -5.19. The number of hydrogen-bond donors (Lipinski definition) is 0. The molecule has 0 spiro atoms. The van der Waals surface area contributed by atoms with Gasteiger partial charge in [0.15, 0.2) is 0 Å². The molecule has 3 atom stereocenters. The Balaban J connectivity index is 1.52. The Kier molecular flexibility index (Phi) is 10.2. The van der Waals surface area contributed by atoms with Gasteiger partial charge in [0.05, 0.1) is 0 Å². The Hall–Kier alpha value is -2.88. The van der Waals surface area contributed by atoms with E-state index < -0.39 is 21.5 Å². The zero-order valence-corrected chi connectivity index (χ0v) is 33.9. The predicted octanol–water partition coefficient (Wildman–Crippen LogP) is 12.0. The first-order valence-electron chi connectivity index (χ1n) is 18.0. The molecule has 0 N–H and O–H groups in total. The zero-order chi connectivity index (χ0) is 34.0. The van der Waals surface area contributed by atoms with Gasteiger partial charge >= 0.3 is 303 Å². The van der Waals surface area contributed by atoms with E-state index in [-0.39, 0.29) is 7.25 Å². The van der Waals surface area contributed by atoms with Crippen molar-refractivity contribution in [3.8, 4) is 22.5 Å². The molecule has 0 saturated carbocycles. The van der Waals surface area contributed by atoms with E-state index in [0.29, 0.717) is 0 Å². The van der Waals surface area contributed by atoms with E-state index in [2.05, 4.69) is 124 Å². The fraction of sp³-hybridized carbons (Fsp3) is 0.256. The van der Waals surface area contributed by atoms with Crippen LogP contribution in [0.4, 0.5) is 0 Å². The third-order valence-corrected chi connectivity index (χ3v) is 58.3. The molecule has 3 unspecified atom stereocenters. The molecule has 2 aliphatic rings. The Morgan fingerprint density at radius 3 is 1.49 bits per heavy atom. The van der Waals surface area contributed by atoms with E-state index in [0.717, 1.165) is 49.9 Å². The molecule has 2 aromatic heterocycles. The van der Waals surface area contributed by atoms with Crippen molar-refractivity contribution in [2.45, 2.75) is 66.2 Å². The van der Waals surface area contributed by atoms with Crippen LogP contribution in [0.3, 0.4) is 0 Å². The summed E-state index contributed by atoms with van der Waals surface area (Å²) < 4.78 is 0.0210. The maximum atomic E-state index is 9.02. The van der Waals surface area contributed by atoms with Gasteiger partial charge in [-0.2, -0.15) is 0 Å². The van der Waals surface area contributed by atoms with Crippen LogP contribution in [0.25, 0.3) is 34.7 Å². The zero-order valence-electron chi connectivity index (χ0n) is 28.7. The van der Waals surface area contributed by atoms with E-state index in [9.17, 15) is 0 Å². The van der Waals surface area contributed by atoms with E-state index in [1.807, 2.05) is 24.5 Å². The number of benzene rings is 3. The summed E-state index contributed by atoms with van der Waals surface area (Å²) >= 11 is -5.19. The average molecular weight is 780 g/mol. The Bertz CT molecular complexity index is 1890. The second kappa shape index (κ2) is 14.4. The van der Waals surface area contributed by atoms with Crippen molar-refractivity contribution >= 4 is 40.3 Å². The number of nitrogens with zero attached hydrogens (tertiary/aromatic N) is 2. The summed E-state index contributed by atoms with van der Waals surface area (Å²) in [5.74, 6) is -2.03. The van der Waals surface area contributed by atoms with Crippen molar-refractivity contribution in [2.24, 2.45) is 0 Å². The van der Waals surface area contributed by atoms with Crippen LogP contribution in [0.5, 0.6) is 0 Å². The van der Waals surface area contributed by atoms with Gasteiger partial charge < -0.3 is 0 Å². The van der Waals surface area contributed by atoms with Crippen molar-refractivity contribution in [1.29, 1.82) is 0 Å². The van der Waals surface area contributed by atoms with Crippen LogP contribution in [0.15, 0.2) is 127 Å². The Morgan fingerprint density at radius 1 is 0.592 bits per heavy atom. The van der Waals surface area contributed by atoms with Crippen molar-refractivity contribution in [2.75, 3.05) is 0 Å². The fourth-order valence-electron chi connectivity index (χ4n) is 8.64. The number of unbranched alkanes of at least 4 members (excludes halogenated alkanes) is 2. The monoisotopic (exact) mass is 777 g/mol. The first-order chi connectivity index (χ1) is 23.9. The number of halogens is 2. The maximum absolute atomic E-state index is 9.02. The molecular formula is C43H45Cl2N2SiZr. The average Bonchev–Trinajstić information content (AvgIpc) is 3.73. The summed E-state index contributed by atoms with van der Waals surface area (Å²) in [7, 11) is 18.0. The molecule has 7 rings (SSSR count). The summed E-state index contributed by atoms with van der Waals surface area (Å²) in [6.45, 7) is 7.05. The van der Waals surface area contributed by atoms with Gasteiger partial charge in [-0.1, -0.05) is 0 Å². The van der Waals surface area contributed by atoms with Crippen LogP contribution < -0.4 is 5.19 Å². The van der Waals surface area contributed by atoms with Crippen molar-refractivity contribution in [3.05, 3.63) is 149 Å². The second-order valence-electron chi connectivity index (χ2n) is 13.9. The van der Waals surface area contributed by atoms with Crippen LogP contribution in [-0.4, -0.2) is 15.9 Å². The molecule has 0 amide bonds. The fourth-order valence-corrected chi connectivity index (χ4v) is 49.4. The third kappa shape index (κ3) is 6.12. The van der Waals surface area contributed by atoms with Gasteiger partial charge in [-0.25, -0.2) is 0 Å². The molecule has 2 heterocycles. The van der Waals surface area contributed by atoms with Gasteiger partial charge in [0.1, 0.15) is 0 Å². The first kappa shape index (κ1) is 34.6. The molecule has 249 valence electrons. The van der Waals surface area contributed by atoms with Crippen LogP contribution in [0.2, 0.25) is 6.55 Å². The topological polar surface area (TPSA) is 25.8 Å². The van der Waals surface area contributed by atoms with Gasteiger partial charge in [0.2, 0.25) is 0 Å². The number of hydrogen-bond acceptors (Lipinski definition) is 2. The van der Waals surface area contributed by atoms with E-state index >= 15 is 0 Å². The number of aromatic nitrogens is 2. The van der Waals surface area contributed by atoms with Gasteiger partial charge in [-0.3, -0.25) is 0 Å². The van der Waals surface area contributed by atoms with Crippen LogP contribution in [-0.2, 0) is 15.6 Å². The molecule has 5 aromatic rings. The minimum absolute atomic E-state index is 0.0105. The molecular weight excluding hydrogens is 735 g/mol. The van der Waals surface area contributed by atoms with Crippen molar-refractivity contribution in [3.63, 3.8) is 0 Å². The number of pyridine rings is 2. The van der Waals surface area contributed by atoms with Gasteiger partial charge in [0, 0.05) is 0 Å². The molecule has 0 aliphatic heterocycles. The molecule has 2 aliphatic carbocycles. The quantitative estimate of drug-likeness (QED) is 0.118. The second-order valence-corrected chi connectivity index (χ2v) is 54.1. The molecule has 0 saturated heterocycles. The summed E-state index contributed by atoms with van der Waals surface area (Å²) in [5, 5.41) is 1.37. The van der Waals surface area contributed by atoms with E-state index in [4.69, 9.17) is 27.0 Å². The summed E-state index contributed by atoms with van der Waals surface area (Å²) in [6.07, 6.45) is 15.2. The van der Waals surface area contributed by atoms with E-state index in [1.54, 1.807) is 0 Å². The third-order valence-electron chi connectivity index (χ3n) is 11.1. The SMILES string of the molecule is CCCCC1=Cc2c(-c3ccccn3)cccc2[CH]1[Zr]([Cl])([Cl])([CH]1C(CCCC)=Cc2c(-c3ccccn3)cccc21)[SiH](C)c1ccccc1. The number of fused-ring (bicyclic) bond motifs is 2. The van der Waals surface area contributed by atoms with Gasteiger partial charge in [-0.15, -0.1) is 0 Å². The molecule has 0 fully saturated rings. The van der Waals surface area contributed by atoms with Crippen LogP contribution in [0, 0.1) is 0 Å². The molecule has 2 nitrogen and oxygen atoms in total. The first-order valence-corrected chi connectivity index (χ1v) is 33.7. The summed E-state index contributed by atoms with van der Waals surface area (Å²) in [4.78, 5) is 9.62. The van der Waals surface area contributed by atoms with Crippen molar-refractivity contribution in [1.82, 2.24) is 9.97 Å². The van der Waals surface area contributed by atoms with Gasteiger partial charge in [0.25, 0.3) is 0 Å². The van der Waals surface area contributed by atoms with Crippen molar-refractivity contribution < 1.29 is 15.6 Å². The van der Waals surface area contributed by atoms with Crippen LogP contribution in [0.1, 0.15) is 81.9 Å². The molecule has 6 heteroatoms.